The third kappa shape index (κ3) is 3.53. The highest BCUT2D eigenvalue weighted by molar-refractivity contribution is 7.98. The molecule has 1 aliphatic heterocycles. The number of aromatic nitrogens is 5. The Labute approximate surface area is 159 Å². The molecule has 0 aromatic carbocycles. The summed E-state index contributed by atoms with van der Waals surface area (Å²) in [5.41, 5.74) is 1.68. The summed E-state index contributed by atoms with van der Waals surface area (Å²) in [6, 6.07) is 3.40. The minimum absolute atomic E-state index is 0.229. The molecule has 0 amide bonds. The first-order chi connectivity index (χ1) is 13.0. The van der Waals surface area contributed by atoms with E-state index in [0.717, 1.165) is 30.1 Å². The Morgan fingerprint density at radius 1 is 1.07 bits per heavy atom. The summed E-state index contributed by atoms with van der Waals surface area (Å²) in [6.07, 6.45) is 2.75. The fraction of sp³-hybridized carbons (Fsp3) is 0.412. The SMILES string of the molecule is CSc1nc(C(F)F)cc(N2CCN(c3nccn4nc(C)cc34)CC2)n1. The number of halogens is 2. The Kier molecular flexibility index (Phi) is 4.81. The van der Waals surface area contributed by atoms with Crippen molar-refractivity contribution in [2.75, 3.05) is 42.2 Å². The quantitative estimate of drug-likeness (QED) is 0.501. The molecule has 1 aliphatic rings. The third-order valence-corrected chi connectivity index (χ3v) is 5.06. The van der Waals surface area contributed by atoms with Crippen molar-refractivity contribution < 1.29 is 8.78 Å². The van der Waals surface area contributed by atoms with E-state index in [-0.39, 0.29) is 5.69 Å². The number of thioether (sulfide) groups is 1. The first kappa shape index (κ1) is 17.9. The number of nitrogens with zero attached hydrogens (tertiary/aromatic N) is 7. The van der Waals surface area contributed by atoms with Crippen LogP contribution in [0.25, 0.3) is 5.52 Å². The molecule has 0 radical (unpaired) electrons. The molecule has 1 saturated heterocycles. The zero-order valence-electron chi connectivity index (χ0n) is 15.0. The number of piperazine rings is 1. The fourth-order valence-electron chi connectivity index (χ4n) is 3.22. The topological polar surface area (TPSA) is 62.5 Å². The van der Waals surface area contributed by atoms with Crippen LogP contribution in [0.1, 0.15) is 17.8 Å². The van der Waals surface area contributed by atoms with Gasteiger partial charge in [0.1, 0.15) is 17.0 Å². The monoisotopic (exact) mass is 391 g/mol. The van der Waals surface area contributed by atoms with E-state index < -0.39 is 6.43 Å². The summed E-state index contributed by atoms with van der Waals surface area (Å²) in [5.74, 6) is 1.44. The van der Waals surface area contributed by atoms with Crippen molar-refractivity contribution >= 4 is 28.9 Å². The van der Waals surface area contributed by atoms with E-state index in [1.54, 1.807) is 12.5 Å². The number of rotatable bonds is 4. The summed E-state index contributed by atoms with van der Waals surface area (Å²) in [5, 5.41) is 4.79. The predicted octanol–water partition coefficient (Wildman–Crippen LogP) is 2.81. The van der Waals surface area contributed by atoms with Gasteiger partial charge in [0.25, 0.3) is 6.43 Å². The van der Waals surface area contributed by atoms with Gasteiger partial charge in [-0.2, -0.15) is 5.10 Å². The van der Waals surface area contributed by atoms with Crippen molar-refractivity contribution in [3.8, 4) is 0 Å². The van der Waals surface area contributed by atoms with Crippen LogP contribution in [0.3, 0.4) is 0 Å². The fourth-order valence-corrected chi connectivity index (χ4v) is 3.60. The van der Waals surface area contributed by atoms with E-state index in [0.29, 0.717) is 24.1 Å². The van der Waals surface area contributed by atoms with E-state index in [9.17, 15) is 8.78 Å². The maximum absolute atomic E-state index is 13.1. The van der Waals surface area contributed by atoms with Crippen LogP contribution >= 0.6 is 11.8 Å². The second-order valence-corrected chi connectivity index (χ2v) is 7.05. The van der Waals surface area contributed by atoms with Crippen LogP contribution in [-0.2, 0) is 0 Å². The maximum Gasteiger partial charge on any atom is 0.280 e. The largest absolute Gasteiger partial charge is 0.353 e. The van der Waals surface area contributed by atoms with Gasteiger partial charge in [-0.3, -0.25) is 0 Å². The first-order valence-electron chi connectivity index (χ1n) is 8.57. The van der Waals surface area contributed by atoms with Gasteiger partial charge < -0.3 is 9.80 Å². The molecule has 10 heteroatoms. The molecule has 27 heavy (non-hydrogen) atoms. The minimum Gasteiger partial charge on any atom is -0.353 e. The lowest BCUT2D eigenvalue weighted by Crippen LogP contribution is -2.47. The Balaban J connectivity index is 1.54. The first-order valence-corrected chi connectivity index (χ1v) is 9.79. The lowest BCUT2D eigenvalue weighted by Gasteiger charge is -2.36. The highest BCUT2D eigenvalue weighted by Gasteiger charge is 2.23. The molecule has 0 N–H and O–H groups in total. The Morgan fingerprint density at radius 3 is 2.52 bits per heavy atom. The van der Waals surface area contributed by atoms with Crippen molar-refractivity contribution in [3.05, 3.63) is 35.9 Å². The lowest BCUT2D eigenvalue weighted by atomic mass is 10.2. The van der Waals surface area contributed by atoms with Crippen LogP contribution in [0.15, 0.2) is 29.7 Å². The second-order valence-electron chi connectivity index (χ2n) is 6.28. The van der Waals surface area contributed by atoms with E-state index in [1.165, 1.54) is 17.8 Å². The number of hydrogen-bond donors (Lipinski definition) is 0. The van der Waals surface area contributed by atoms with Crippen LogP contribution in [0.4, 0.5) is 20.4 Å². The van der Waals surface area contributed by atoms with Gasteiger partial charge in [0, 0.05) is 44.6 Å². The second kappa shape index (κ2) is 7.26. The van der Waals surface area contributed by atoms with Gasteiger partial charge in [-0.05, 0) is 19.2 Å². The Bertz CT molecular complexity index is 954. The summed E-state index contributed by atoms with van der Waals surface area (Å²) in [4.78, 5) is 17.0. The van der Waals surface area contributed by atoms with Gasteiger partial charge >= 0.3 is 0 Å². The van der Waals surface area contributed by atoms with E-state index in [1.807, 2.05) is 28.6 Å². The van der Waals surface area contributed by atoms with E-state index >= 15 is 0 Å². The summed E-state index contributed by atoms with van der Waals surface area (Å²) in [6.45, 7) is 4.74. The van der Waals surface area contributed by atoms with Crippen molar-refractivity contribution in [1.29, 1.82) is 0 Å². The summed E-state index contributed by atoms with van der Waals surface area (Å²) < 4.78 is 28.1. The minimum atomic E-state index is -2.61. The van der Waals surface area contributed by atoms with E-state index in [2.05, 4.69) is 25.0 Å². The smallest absolute Gasteiger partial charge is 0.280 e. The predicted molar refractivity (Wildman–Crippen MR) is 101 cm³/mol. The molecule has 7 nitrogen and oxygen atoms in total. The normalized spacial score (nSPS) is 15.1. The molecular weight excluding hydrogens is 372 g/mol. The molecule has 4 rings (SSSR count). The Hall–Kier alpha value is -2.49. The molecular formula is C17H19F2N7S. The van der Waals surface area contributed by atoms with Crippen molar-refractivity contribution in [2.45, 2.75) is 18.5 Å². The van der Waals surface area contributed by atoms with Crippen LogP contribution in [0, 0.1) is 6.92 Å². The molecule has 0 bridgehead atoms. The van der Waals surface area contributed by atoms with Crippen molar-refractivity contribution in [3.63, 3.8) is 0 Å². The Morgan fingerprint density at radius 2 is 1.81 bits per heavy atom. The van der Waals surface area contributed by atoms with Crippen LogP contribution in [-0.4, -0.2) is 57.0 Å². The molecule has 142 valence electrons. The zero-order chi connectivity index (χ0) is 19.0. The molecule has 3 aromatic heterocycles. The van der Waals surface area contributed by atoms with Gasteiger partial charge in [-0.25, -0.2) is 28.2 Å². The van der Waals surface area contributed by atoms with Crippen LogP contribution < -0.4 is 9.80 Å². The molecule has 0 atom stereocenters. The number of fused-ring (bicyclic) bond motifs is 1. The highest BCUT2D eigenvalue weighted by Crippen LogP contribution is 2.26. The summed E-state index contributed by atoms with van der Waals surface area (Å²) >= 11 is 1.27. The number of alkyl halides is 2. The van der Waals surface area contributed by atoms with Gasteiger partial charge in [0.2, 0.25) is 0 Å². The molecule has 4 heterocycles. The van der Waals surface area contributed by atoms with Gasteiger partial charge in [0.15, 0.2) is 11.0 Å². The molecule has 1 fully saturated rings. The number of anilines is 2. The molecule has 0 unspecified atom stereocenters. The van der Waals surface area contributed by atoms with Gasteiger partial charge in [0.05, 0.1) is 5.69 Å². The van der Waals surface area contributed by atoms with Crippen molar-refractivity contribution in [2.24, 2.45) is 0 Å². The standard InChI is InChI=1S/C17H19F2N7S/c1-11-9-13-16(20-3-4-26(13)23-11)25-7-5-24(6-8-25)14-10-12(15(18)19)21-17(22-14)27-2/h3-4,9-10,15H,5-8H2,1-2H3. The third-order valence-electron chi connectivity index (χ3n) is 4.51. The highest BCUT2D eigenvalue weighted by atomic mass is 32.2. The van der Waals surface area contributed by atoms with Crippen LogP contribution in [0.2, 0.25) is 0 Å². The summed E-state index contributed by atoms with van der Waals surface area (Å²) in [7, 11) is 0. The van der Waals surface area contributed by atoms with Gasteiger partial charge in [-0.1, -0.05) is 11.8 Å². The number of aryl methyl sites for hydroxylation is 1. The van der Waals surface area contributed by atoms with E-state index in [4.69, 9.17) is 0 Å². The van der Waals surface area contributed by atoms with Gasteiger partial charge in [-0.15, -0.1) is 0 Å². The maximum atomic E-state index is 13.1. The molecule has 0 aliphatic carbocycles. The lowest BCUT2D eigenvalue weighted by molar-refractivity contribution is 0.145. The average molecular weight is 391 g/mol. The number of hydrogen-bond acceptors (Lipinski definition) is 7. The molecule has 0 saturated carbocycles. The van der Waals surface area contributed by atoms with Crippen molar-refractivity contribution in [1.82, 2.24) is 24.6 Å². The average Bonchev–Trinajstić information content (AvgIpc) is 3.07. The zero-order valence-corrected chi connectivity index (χ0v) is 15.8. The molecule has 0 spiro atoms. The molecule has 3 aromatic rings. The van der Waals surface area contributed by atoms with Crippen LogP contribution in [0.5, 0.6) is 0 Å².